The number of hydrogen-bond donors (Lipinski definition) is 2. The number of piperidine rings is 1. The van der Waals surface area contributed by atoms with Gasteiger partial charge in [0.2, 0.25) is 5.91 Å². The van der Waals surface area contributed by atoms with E-state index >= 15 is 0 Å². The van der Waals surface area contributed by atoms with Gasteiger partial charge in [0, 0.05) is 42.8 Å². The average molecular weight is 439 g/mol. The maximum Gasteiger partial charge on any atom is 0.223 e. The molecule has 2 aromatic heterocycles. The molecule has 0 saturated carbocycles. The third kappa shape index (κ3) is 5.09. The Labute approximate surface area is 192 Å². The molecule has 33 heavy (non-hydrogen) atoms. The standard InChI is InChI=1S/C26H26N6O/c33-26(28-18-19-5-2-1-3-6-19)20-12-15-32(16-13-20)25-11-10-24(30-31-25)29-22-8-9-23-21(17-22)7-4-14-27-23/h1-11,14,17,20H,12-13,15-16,18H2,(H,28,33)(H,29,30). The Balaban J connectivity index is 1.14. The Kier molecular flexibility index (Phi) is 6.10. The molecule has 0 aliphatic carbocycles. The van der Waals surface area contributed by atoms with Crippen LogP contribution in [0.2, 0.25) is 0 Å². The van der Waals surface area contributed by atoms with Crippen molar-refractivity contribution in [3.8, 4) is 0 Å². The number of fused-ring (bicyclic) bond motifs is 1. The highest BCUT2D eigenvalue weighted by molar-refractivity contribution is 5.83. The van der Waals surface area contributed by atoms with Crippen LogP contribution in [0.1, 0.15) is 18.4 Å². The number of amides is 1. The molecule has 0 radical (unpaired) electrons. The summed E-state index contributed by atoms with van der Waals surface area (Å²) in [5.74, 6) is 1.71. The molecule has 0 unspecified atom stereocenters. The molecule has 5 rings (SSSR count). The summed E-state index contributed by atoms with van der Waals surface area (Å²) in [5, 5.41) is 16.2. The number of nitrogens with one attached hydrogen (secondary N) is 2. The summed E-state index contributed by atoms with van der Waals surface area (Å²) in [7, 11) is 0. The van der Waals surface area contributed by atoms with Gasteiger partial charge in [-0.15, -0.1) is 10.2 Å². The molecule has 0 atom stereocenters. The number of carbonyl (C=O) groups excluding carboxylic acids is 1. The van der Waals surface area contributed by atoms with Crippen LogP contribution in [0.25, 0.3) is 10.9 Å². The van der Waals surface area contributed by atoms with Gasteiger partial charge in [0.25, 0.3) is 0 Å². The van der Waals surface area contributed by atoms with E-state index in [0.717, 1.165) is 53.9 Å². The molecule has 7 nitrogen and oxygen atoms in total. The minimum Gasteiger partial charge on any atom is -0.355 e. The van der Waals surface area contributed by atoms with Crippen LogP contribution in [-0.2, 0) is 11.3 Å². The van der Waals surface area contributed by atoms with E-state index < -0.39 is 0 Å². The van der Waals surface area contributed by atoms with E-state index in [1.54, 1.807) is 6.20 Å². The molecule has 166 valence electrons. The van der Waals surface area contributed by atoms with Crippen LogP contribution < -0.4 is 15.5 Å². The van der Waals surface area contributed by atoms with Crippen LogP contribution >= 0.6 is 0 Å². The van der Waals surface area contributed by atoms with Crippen molar-refractivity contribution in [1.29, 1.82) is 0 Å². The first-order chi connectivity index (χ1) is 16.2. The molecule has 1 fully saturated rings. The number of anilines is 3. The van der Waals surface area contributed by atoms with E-state index in [1.807, 2.05) is 72.8 Å². The van der Waals surface area contributed by atoms with Gasteiger partial charge in [-0.1, -0.05) is 36.4 Å². The first-order valence-electron chi connectivity index (χ1n) is 11.3. The van der Waals surface area contributed by atoms with Crippen LogP contribution in [0.4, 0.5) is 17.3 Å². The van der Waals surface area contributed by atoms with Crippen LogP contribution in [0, 0.1) is 5.92 Å². The van der Waals surface area contributed by atoms with Crippen molar-refractivity contribution >= 4 is 34.1 Å². The number of aromatic nitrogens is 3. The number of rotatable bonds is 6. The smallest absolute Gasteiger partial charge is 0.223 e. The number of carbonyl (C=O) groups is 1. The van der Waals surface area contributed by atoms with E-state index in [9.17, 15) is 4.79 Å². The molecule has 2 N–H and O–H groups in total. The van der Waals surface area contributed by atoms with Crippen molar-refractivity contribution in [3.63, 3.8) is 0 Å². The molecule has 1 saturated heterocycles. The number of benzene rings is 2. The molecule has 3 heterocycles. The molecular formula is C26H26N6O. The fraction of sp³-hybridized carbons (Fsp3) is 0.231. The van der Waals surface area contributed by atoms with Gasteiger partial charge in [-0.05, 0) is 54.8 Å². The van der Waals surface area contributed by atoms with E-state index in [1.165, 1.54) is 0 Å². The summed E-state index contributed by atoms with van der Waals surface area (Å²) in [6, 6.07) is 23.9. The monoisotopic (exact) mass is 438 g/mol. The van der Waals surface area contributed by atoms with Gasteiger partial charge in [-0.3, -0.25) is 9.78 Å². The van der Waals surface area contributed by atoms with E-state index in [4.69, 9.17) is 0 Å². The Morgan fingerprint density at radius 2 is 1.79 bits per heavy atom. The second-order valence-corrected chi connectivity index (χ2v) is 8.28. The number of hydrogen-bond acceptors (Lipinski definition) is 6. The predicted octanol–water partition coefficient (Wildman–Crippen LogP) is 4.30. The molecule has 1 aliphatic heterocycles. The van der Waals surface area contributed by atoms with Crippen molar-refractivity contribution in [2.45, 2.75) is 19.4 Å². The summed E-state index contributed by atoms with van der Waals surface area (Å²) < 4.78 is 0. The largest absolute Gasteiger partial charge is 0.355 e. The maximum atomic E-state index is 12.5. The number of nitrogens with zero attached hydrogens (tertiary/aromatic N) is 4. The summed E-state index contributed by atoms with van der Waals surface area (Å²) in [6.45, 7) is 2.17. The van der Waals surface area contributed by atoms with Crippen molar-refractivity contribution in [2.24, 2.45) is 5.92 Å². The van der Waals surface area contributed by atoms with Crippen molar-refractivity contribution in [2.75, 3.05) is 23.3 Å². The Morgan fingerprint density at radius 3 is 2.58 bits per heavy atom. The molecule has 2 aromatic carbocycles. The summed E-state index contributed by atoms with van der Waals surface area (Å²) >= 11 is 0. The molecule has 0 spiro atoms. The highest BCUT2D eigenvalue weighted by atomic mass is 16.1. The first kappa shape index (κ1) is 20.9. The number of pyridine rings is 1. The highest BCUT2D eigenvalue weighted by Gasteiger charge is 2.25. The lowest BCUT2D eigenvalue weighted by Gasteiger charge is -2.31. The zero-order chi connectivity index (χ0) is 22.5. The van der Waals surface area contributed by atoms with Gasteiger partial charge >= 0.3 is 0 Å². The maximum absolute atomic E-state index is 12.5. The topological polar surface area (TPSA) is 83.0 Å². The zero-order valence-electron chi connectivity index (χ0n) is 18.3. The molecule has 1 amide bonds. The quantitative estimate of drug-likeness (QED) is 0.467. The van der Waals surface area contributed by atoms with Gasteiger partial charge in [-0.2, -0.15) is 0 Å². The summed E-state index contributed by atoms with van der Waals surface area (Å²) in [4.78, 5) is 19.1. The van der Waals surface area contributed by atoms with E-state index in [2.05, 4.69) is 30.7 Å². The predicted molar refractivity (Wildman–Crippen MR) is 130 cm³/mol. The summed E-state index contributed by atoms with van der Waals surface area (Å²) in [5.41, 5.74) is 3.02. The normalized spacial score (nSPS) is 14.2. The van der Waals surface area contributed by atoms with Gasteiger partial charge in [0.05, 0.1) is 5.52 Å². The second-order valence-electron chi connectivity index (χ2n) is 8.28. The second kappa shape index (κ2) is 9.65. The lowest BCUT2D eigenvalue weighted by Crippen LogP contribution is -2.40. The Bertz CT molecular complexity index is 1220. The lowest BCUT2D eigenvalue weighted by molar-refractivity contribution is -0.125. The molecule has 1 aliphatic rings. The fourth-order valence-corrected chi connectivity index (χ4v) is 4.16. The lowest BCUT2D eigenvalue weighted by atomic mass is 9.96. The average Bonchev–Trinajstić information content (AvgIpc) is 2.88. The minimum atomic E-state index is 0.0428. The summed E-state index contributed by atoms with van der Waals surface area (Å²) in [6.07, 6.45) is 3.42. The van der Waals surface area contributed by atoms with Crippen LogP contribution in [-0.4, -0.2) is 34.2 Å². The van der Waals surface area contributed by atoms with Gasteiger partial charge in [-0.25, -0.2) is 0 Å². The fourth-order valence-electron chi connectivity index (χ4n) is 4.16. The molecule has 4 aromatic rings. The van der Waals surface area contributed by atoms with E-state index in [-0.39, 0.29) is 11.8 Å². The Morgan fingerprint density at radius 1 is 0.939 bits per heavy atom. The van der Waals surface area contributed by atoms with Gasteiger partial charge in [0.1, 0.15) is 0 Å². The molecular weight excluding hydrogens is 412 g/mol. The van der Waals surface area contributed by atoms with Crippen molar-refractivity contribution in [1.82, 2.24) is 20.5 Å². The Hall–Kier alpha value is -4.00. The minimum absolute atomic E-state index is 0.0428. The van der Waals surface area contributed by atoms with Gasteiger partial charge in [0.15, 0.2) is 11.6 Å². The van der Waals surface area contributed by atoms with Gasteiger partial charge < -0.3 is 15.5 Å². The third-order valence-corrected chi connectivity index (χ3v) is 6.03. The molecule has 0 bridgehead atoms. The van der Waals surface area contributed by atoms with Crippen molar-refractivity contribution < 1.29 is 4.79 Å². The van der Waals surface area contributed by atoms with Crippen LogP contribution in [0.15, 0.2) is 79.0 Å². The van der Waals surface area contributed by atoms with Crippen LogP contribution in [0.5, 0.6) is 0 Å². The molecule has 7 heteroatoms. The third-order valence-electron chi connectivity index (χ3n) is 6.03. The van der Waals surface area contributed by atoms with Crippen LogP contribution in [0.3, 0.4) is 0 Å². The zero-order valence-corrected chi connectivity index (χ0v) is 18.3. The highest BCUT2D eigenvalue weighted by Crippen LogP contribution is 2.24. The SMILES string of the molecule is O=C(NCc1ccccc1)C1CCN(c2ccc(Nc3ccc4ncccc4c3)nn2)CC1. The van der Waals surface area contributed by atoms with E-state index in [0.29, 0.717) is 12.4 Å². The first-order valence-corrected chi connectivity index (χ1v) is 11.3. The van der Waals surface area contributed by atoms with Crippen molar-refractivity contribution in [3.05, 3.63) is 84.6 Å².